The van der Waals surface area contributed by atoms with E-state index < -0.39 is 12.3 Å². The first-order valence-electron chi connectivity index (χ1n) is 12.3. The summed E-state index contributed by atoms with van der Waals surface area (Å²) in [7, 11) is 0. The van der Waals surface area contributed by atoms with Crippen LogP contribution in [0, 0.1) is 0 Å². The van der Waals surface area contributed by atoms with Crippen LogP contribution in [0.3, 0.4) is 0 Å². The number of aliphatic carboxylic acids is 1. The molecule has 2 aromatic rings. The van der Waals surface area contributed by atoms with E-state index in [4.69, 9.17) is 32.7 Å². The smallest absolute Gasteiger partial charge is 0.387 e. The number of carboxylic acid groups (broad SMARTS) is 1. The predicted octanol–water partition coefficient (Wildman–Crippen LogP) is 3.45. The maximum Gasteiger partial charge on any atom is 0.387 e. The van der Waals surface area contributed by atoms with Gasteiger partial charge in [-0.3, -0.25) is 9.80 Å². The molecule has 2 aromatic carbocycles. The second-order valence-electron chi connectivity index (χ2n) is 9.59. The SMILES string of the molecule is C[C@H]1CN(Cc2cc(Cl)ccc2OC(Oc2ccc(Cl)cc2CN2CCN[C@@H](C)C2)C(=O)O)CCN1. The van der Waals surface area contributed by atoms with Crippen LogP contribution >= 0.6 is 23.2 Å². The fourth-order valence-electron chi connectivity index (χ4n) is 4.72. The van der Waals surface area contributed by atoms with Crippen LogP contribution in [-0.4, -0.2) is 78.5 Å². The first kappa shape index (κ1) is 27.0. The molecule has 2 aliphatic rings. The summed E-state index contributed by atoms with van der Waals surface area (Å²) in [6.45, 7) is 10.8. The van der Waals surface area contributed by atoms with Crippen LogP contribution in [0.2, 0.25) is 10.0 Å². The van der Waals surface area contributed by atoms with E-state index in [0.717, 1.165) is 50.4 Å². The fourth-order valence-corrected chi connectivity index (χ4v) is 5.11. The Balaban J connectivity index is 1.52. The molecule has 2 fully saturated rings. The maximum absolute atomic E-state index is 12.2. The molecule has 0 unspecified atom stereocenters. The van der Waals surface area contributed by atoms with E-state index in [9.17, 15) is 9.90 Å². The number of halogens is 2. The van der Waals surface area contributed by atoms with E-state index >= 15 is 0 Å². The highest BCUT2D eigenvalue weighted by molar-refractivity contribution is 6.31. The number of ether oxygens (including phenoxy) is 2. The molecular weight excluding hydrogens is 503 g/mol. The quantitative estimate of drug-likeness (QED) is 0.420. The van der Waals surface area contributed by atoms with Gasteiger partial charge in [0, 0.05) is 85.6 Å². The van der Waals surface area contributed by atoms with Crippen molar-refractivity contribution in [1.29, 1.82) is 0 Å². The van der Waals surface area contributed by atoms with Crippen molar-refractivity contribution in [3.63, 3.8) is 0 Å². The summed E-state index contributed by atoms with van der Waals surface area (Å²) in [5, 5.41) is 17.9. The molecule has 8 nitrogen and oxygen atoms in total. The van der Waals surface area contributed by atoms with Gasteiger partial charge in [-0.1, -0.05) is 23.2 Å². The van der Waals surface area contributed by atoms with Gasteiger partial charge in [-0.05, 0) is 50.2 Å². The van der Waals surface area contributed by atoms with Crippen LogP contribution < -0.4 is 20.1 Å². The number of nitrogens with one attached hydrogen (secondary N) is 2. The second-order valence-corrected chi connectivity index (χ2v) is 10.5. The van der Waals surface area contributed by atoms with Gasteiger partial charge in [-0.2, -0.15) is 0 Å². The molecule has 2 saturated heterocycles. The number of hydrogen-bond acceptors (Lipinski definition) is 7. The molecule has 3 N–H and O–H groups in total. The lowest BCUT2D eigenvalue weighted by Crippen LogP contribution is -2.48. The Morgan fingerprint density at radius 1 is 0.917 bits per heavy atom. The molecule has 0 bridgehead atoms. The van der Waals surface area contributed by atoms with Crippen molar-refractivity contribution in [2.45, 2.75) is 45.3 Å². The molecule has 2 heterocycles. The highest BCUT2D eigenvalue weighted by Crippen LogP contribution is 2.29. The Kier molecular flexibility index (Phi) is 9.33. The molecule has 0 radical (unpaired) electrons. The van der Waals surface area contributed by atoms with Crippen LogP contribution in [0.4, 0.5) is 0 Å². The summed E-state index contributed by atoms with van der Waals surface area (Å²) in [6, 6.07) is 11.2. The first-order chi connectivity index (χ1) is 17.3. The first-order valence-corrected chi connectivity index (χ1v) is 13.1. The molecule has 4 rings (SSSR count). The Morgan fingerprint density at radius 3 is 1.75 bits per heavy atom. The Labute approximate surface area is 222 Å². The van der Waals surface area contributed by atoms with Crippen LogP contribution in [0.15, 0.2) is 36.4 Å². The monoisotopic (exact) mass is 536 g/mol. The number of carboxylic acids is 1. The maximum atomic E-state index is 12.2. The Morgan fingerprint density at radius 2 is 1.36 bits per heavy atom. The van der Waals surface area contributed by atoms with Gasteiger partial charge in [0.1, 0.15) is 11.5 Å². The molecule has 10 heteroatoms. The van der Waals surface area contributed by atoms with Crippen molar-refractivity contribution in [1.82, 2.24) is 20.4 Å². The molecule has 0 amide bonds. The third-order valence-corrected chi connectivity index (χ3v) is 6.88. The van der Waals surface area contributed by atoms with E-state index in [0.29, 0.717) is 46.7 Å². The molecule has 36 heavy (non-hydrogen) atoms. The molecule has 0 saturated carbocycles. The lowest BCUT2D eigenvalue weighted by molar-refractivity contribution is -0.158. The average Bonchev–Trinajstić information content (AvgIpc) is 2.81. The van der Waals surface area contributed by atoms with Gasteiger partial charge >= 0.3 is 12.3 Å². The number of carbonyl (C=O) groups is 1. The highest BCUT2D eigenvalue weighted by atomic mass is 35.5. The lowest BCUT2D eigenvalue weighted by atomic mass is 10.1. The lowest BCUT2D eigenvalue weighted by Gasteiger charge is -2.32. The third-order valence-electron chi connectivity index (χ3n) is 6.41. The van der Waals surface area contributed by atoms with Crippen LogP contribution in [0.5, 0.6) is 11.5 Å². The van der Waals surface area contributed by atoms with Gasteiger partial charge in [0.2, 0.25) is 0 Å². The largest absolute Gasteiger partial charge is 0.476 e. The average molecular weight is 537 g/mol. The Bertz CT molecular complexity index is 981. The summed E-state index contributed by atoms with van der Waals surface area (Å²) in [5.41, 5.74) is 1.63. The zero-order valence-electron chi connectivity index (χ0n) is 20.7. The molecule has 0 spiro atoms. The van der Waals surface area contributed by atoms with Crippen molar-refractivity contribution < 1.29 is 19.4 Å². The van der Waals surface area contributed by atoms with Crippen molar-refractivity contribution in [2.24, 2.45) is 0 Å². The number of nitrogens with zero attached hydrogens (tertiary/aromatic N) is 2. The molecule has 2 atom stereocenters. The van der Waals surface area contributed by atoms with Crippen molar-refractivity contribution in [3.05, 3.63) is 57.6 Å². The van der Waals surface area contributed by atoms with E-state index in [1.165, 1.54) is 0 Å². The molecule has 196 valence electrons. The molecule has 0 aliphatic carbocycles. The topological polar surface area (TPSA) is 86.3 Å². The van der Waals surface area contributed by atoms with Gasteiger partial charge < -0.3 is 25.2 Å². The van der Waals surface area contributed by atoms with Crippen molar-refractivity contribution in [2.75, 3.05) is 39.3 Å². The van der Waals surface area contributed by atoms with E-state index in [-0.39, 0.29) is 0 Å². The predicted molar refractivity (Wildman–Crippen MR) is 141 cm³/mol. The second kappa shape index (κ2) is 12.4. The molecule has 2 aliphatic heterocycles. The highest BCUT2D eigenvalue weighted by Gasteiger charge is 2.26. The standard InChI is InChI=1S/C26H34Cl2N4O4/c1-17-13-31(9-7-29-17)15-19-11-21(27)3-5-23(19)35-26(25(33)34)36-24-6-4-22(28)12-20(24)16-32-10-8-30-18(2)14-32/h3-6,11-12,17-18,26,29-30H,7-10,13-16H2,1-2H3,(H,33,34)/t17-,18-/m0/s1. The summed E-state index contributed by atoms with van der Waals surface area (Å²) in [5.74, 6) is -0.350. The summed E-state index contributed by atoms with van der Waals surface area (Å²) >= 11 is 12.5. The van der Waals surface area contributed by atoms with Crippen molar-refractivity contribution in [3.8, 4) is 11.5 Å². The van der Waals surface area contributed by atoms with Gasteiger partial charge in [0.05, 0.1) is 0 Å². The van der Waals surface area contributed by atoms with E-state index in [1.807, 2.05) is 12.1 Å². The van der Waals surface area contributed by atoms with Gasteiger partial charge in [0.15, 0.2) is 0 Å². The van der Waals surface area contributed by atoms with Crippen molar-refractivity contribution >= 4 is 29.2 Å². The third kappa shape index (κ3) is 7.47. The van der Waals surface area contributed by atoms with Gasteiger partial charge in [-0.15, -0.1) is 0 Å². The summed E-state index contributed by atoms with van der Waals surface area (Å²) in [4.78, 5) is 16.8. The zero-order chi connectivity index (χ0) is 25.7. The van der Waals surface area contributed by atoms with Crippen LogP contribution in [0.25, 0.3) is 0 Å². The zero-order valence-corrected chi connectivity index (χ0v) is 22.2. The summed E-state index contributed by atoms with van der Waals surface area (Å²) in [6.07, 6.45) is -1.53. The van der Waals surface area contributed by atoms with E-state index in [2.05, 4.69) is 34.3 Å². The summed E-state index contributed by atoms with van der Waals surface area (Å²) < 4.78 is 11.9. The number of benzene rings is 2. The van der Waals surface area contributed by atoms with Gasteiger partial charge in [0.25, 0.3) is 0 Å². The van der Waals surface area contributed by atoms with E-state index in [1.54, 1.807) is 24.3 Å². The van der Waals surface area contributed by atoms with Crippen LogP contribution in [0.1, 0.15) is 25.0 Å². The number of rotatable bonds is 9. The minimum Gasteiger partial charge on any atom is -0.476 e. The minimum atomic E-state index is -1.53. The molecular formula is C26H34Cl2N4O4. The minimum absolute atomic E-state index is 0.374. The number of hydrogen-bond donors (Lipinski definition) is 3. The normalized spacial score (nSPS) is 21.5. The molecule has 0 aromatic heterocycles. The van der Waals surface area contributed by atoms with Crippen LogP contribution in [-0.2, 0) is 17.9 Å². The van der Waals surface area contributed by atoms with Gasteiger partial charge in [-0.25, -0.2) is 4.79 Å². The number of piperazine rings is 2. The Hall–Kier alpha value is -2.07. The fraction of sp³-hybridized carbons (Fsp3) is 0.500.